The highest BCUT2D eigenvalue weighted by Gasteiger charge is 2.22. The first kappa shape index (κ1) is 17.1. The zero-order chi connectivity index (χ0) is 16.8. The Kier molecular flexibility index (Phi) is 5.96. The van der Waals surface area contributed by atoms with Crippen molar-refractivity contribution < 1.29 is 14.3 Å². The number of nitrogens with one attached hydrogen (secondary N) is 1. The normalized spacial score (nSPS) is 20.8. The molecule has 1 heterocycles. The summed E-state index contributed by atoms with van der Waals surface area (Å²) in [7, 11) is 2.03. The first-order valence-electron chi connectivity index (χ1n) is 9.07. The lowest BCUT2D eigenvalue weighted by atomic mass is 9.95. The van der Waals surface area contributed by atoms with E-state index in [0.717, 1.165) is 37.4 Å². The Labute approximate surface area is 144 Å². The number of hydrogen-bond acceptors (Lipinski definition) is 4. The Morgan fingerprint density at radius 1 is 1.21 bits per heavy atom. The SMILES string of the molecule is CN(CCC(=O)NC1CCCCC1)C[C@@H]1COc2ccccc2O1. The van der Waals surface area contributed by atoms with Gasteiger partial charge in [0, 0.05) is 25.6 Å². The number of benzene rings is 1. The van der Waals surface area contributed by atoms with E-state index in [1.807, 2.05) is 31.3 Å². The van der Waals surface area contributed by atoms with Gasteiger partial charge in [-0.25, -0.2) is 0 Å². The van der Waals surface area contributed by atoms with Crippen molar-refractivity contribution in [3.05, 3.63) is 24.3 Å². The van der Waals surface area contributed by atoms with Crippen LogP contribution in [0.1, 0.15) is 38.5 Å². The number of hydrogen-bond donors (Lipinski definition) is 1. The fraction of sp³-hybridized carbons (Fsp3) is 0.632. The Hall–Kier alpha value is -1.75. The maximum Gasteiger partial charge on any atom is 0.221 e. The molecule has 5 heteroatoms. The molecule has 1 saturated carbocycles. The fourth-order valence-electron chi connectivity index (χ4n) is 3.43. The van der Waals surface area contributed by atoms with Crippen LogP contribution in [0.2, 0.25) is 0 Å². The van der Waals surface area contributed by atoms with Gasteiger partial charge in [-0.05, 0) is 32.0 Å². The van der Waals surface area contributed by atoms with Gasteiger partial charge in [0.15, 0.2) is 11.5 Å². The number of likely N-dealkylation sites (N-methyl/N-ethyl adjacent to an activating group) is 1. The standard InChI is InChI=1S/C19H28N2O3/c1-21(12-11-19(22)20-15-7-3-2-4-8-15)13-16-14-23-17-9-5-6-10-18(17)24-16/h5-6,9-10,15-16H,2-4,7-8,11-14H2,1H3,(H,20,22)/t16-/m1/s1. The molecule has 1 aliphatic carbocycles. The van der Waals surface area contributed by atoms with Crippen molar-refractivity contribution in [3.8, 4) is 11.5 Å². The van der Waals surface area contributed by atoms with Crippen LogP contribution in [0.5, 0.6) is 11.5 Å². The van der Waals surface area contributed by atoms with Gasteiger partial charge in [-0.2, -0.15) is 0 Å². The Bertz CT molecular complexity index is 543. The van der Waals surface area contributed by atoms with E-state index in [0.29, 0.717) is 19.1 Å². The molecule has 2 aliphatic rings. The van der Waals surface area contributed by atoms with E-state index in [-0.39, 0.29) is 12.0 Å². The summed E-state index contributed by atoms with van der Waals surface area (Å²) in [6.45, 7) is 2.04. The third-order valence-corrected chi connectivity index (χ3v) is 4.77. The molecule has 5 nitrogen and oxygen atoms in total. The number of ether oxygens (including phenoxy) is 2. The summed E-state index contributed by atoms with van der Waals surface area (Å²) in [5, 5.41) is 3.17. The van der Waals surface area contributed by atoms with Crippen LogP contribution in [0.15, 0.2) is 24.3 Å². The van der Waals surface area contributed by atoms with Crippen LogP contribution in [0.25, 0.3) is 0 Å². The Balaban J connectivity index is 1.36. The second kappa shape index (κ2) is 8.38. The predicted molar refractivity (Wildman–Crippen MR) is 93.5 cm³/mol. The number of amides is 1. The number of rotatable bonds is 6. The topological polar surface area (TPSA) is 50.8 Å². The smallest absolute Gasteiger partial charge is 0.221 e. The summed E-state index contributed by atoms with van der Waals surface area (Å²) in [5.41, 5.74) is 0. The third kappa shape index (κ3) is 4.87. The summed E-state index contributed by atoms with van der Waals surface area (Å²) in [4.78, 5) is 14.2. The predicted octanol–water partition coefficient (Wildman–Crippen LogP) is 2.60. The van der Waals surface area contributed by atoms with Crippen molar-refractivity contribution in [2.24, 2.45) is 0 Å². The quantitative estimate of drug-likeness (QED) is 0.870. The van der Waals surface area contributed by atoms with E-state index in [2.05, 4.69) is 10.2 Å². The number of nitrogens with zero attached hydrogens (tertiary/aromatic N) is 1. The molecule has 1 aromatic carbocycles. The number of carbonyl (C=O) groups excluding carboxylic acids is 1. The van der Waals surface area contributed by atoms with E-state index in [4.69, 9.17) is 9.47 Å². The molecule has 1 atom stereocenters. The van der Waals surface area contributed by atoms with Crippen molar-refractivity contribution >= 4 is 5.91 Å². The first-order valence-corrected chi connectivity index (χ1v) is 9.07. The van der Waals surface area contributed by atoms with Gasteiger partial charge in [-0.1, -0.05) is 31.4 Å². The van der Waals surface area contributed by atoms with Gasteiger partial charge in [0.1, 0.15) is 12.7 Å². The van der Waals surface area contributed by atoms with Crippen molar-refractivity contribution in [3.63, 3.8) is 0 Å². The second-order valence-electron chi connectivity index (χ2n) is 6.91. The fourth-order valence-corrected chi connectivity index (χ4v) is 3.43. The monoisotopic (exact) mass is 332 g/mol. The van der Waals surface area contributed by atoms with Gasteiger partial charge >= 0.3 is 0 Å². The number of fused-ring (bicyclic) bond motifs is 1. The van der Waals surface area contributed by atoms with Crippen LogP contribution in [0, 0.1) is 0 Å². The minimum atomic E-state index is 0.00584. The van der Waals surface area contributed by atoms with Gasteiger partial charge in [0.25, 0.3) is 0 Å². The van der Waals surface area contributed by atoms with Gasteiger partial charge in [-0.3, -0.25) is 4.79 Å². The zero-order valence-electron chi connectivity index (χ0n) is 14.5. The maximum atomic E-state index is 12.1. The lowest BCUT2D eigenvalue weighted by Gasteiger charge is -2.29. The van der Waals surface area contributed by atoms with E-state index >= 15 is 0 Å². The average molecular weight is 332 g/mol. The molecule has 1 aromatic rings. The molecule has 0 unspecified atom stereocenters. The van der Waals surface area contributed by atoms with E-state index in [1.165, 1.54) is 19.3 Å². The molecular weight excluding hydrogens is 304 g/mol. The lowest BCUT2D eigenvalue weighted by molar-refractivity contribution is -0.122. The van der Waals surface area contributed by atoms with Gasteiger partial charge in [0.05, 0.1) is 0 Å². The Morgan fingerprint density at radius 2 is 1.96 bits per heavy atom. The molecule has 1 fully saturated rings. The minimum absolute atomic E-state index is 0.00584. The highest BCUT2D eigenvalue weighted by Crippen LogP contribution is 2.30. The van der Waals surface area contributed by atoms with Crippen molar-refractivity contribution in [2.45, 2.75) is 50.7 Å². The molecule has 1 N–H and O–H groups in total. The molecule has 0 saturated heterocycles. The summed E-state index contributed by atoms with van der Waals surface area (Å²) >= 11 is 0. The van der Waals surface area contributed by atoms with Crippen LogP contribution in [-0.4, -0.2) is 49.7 Å². The minimum Gasteiger partial charge on any atom is -0.486 e. The van der Waals surface area contributed by atoms with Gasteiger partial charge < -0.3 is 19.7 Å². The van der Waals surface area contributed by atoms with Gasteiger partial charge in [0.2, 0.25) is 5.91 Å². The molecular formula is C19H28N2O3. The number of carbonyl (C=O) groups is 1. The molecule has 24 heavy (non-hydrogen) atoms. The van der Waals surface area contributed by atoms with Crippen LogP contribution in [0.4, 0.5) is 0 Å². The van der Waals surface area contributed by atoms with E-state index in [1.54, 1.807) is 0 Å². The summed E-state index contributed by atoms with van der Waals surface area (Å²) in [5.74, 6) is 1.78. The van der Waals surface area contributed by atoms with E-state index < -0.39 is 0 Å². The van der Waals surface area contributed by atoms with Crippen molar-refractivity contribution in [1.29, 1.82) is 0 Å². The molecule has 0 spiro atoms. The zero-order valence-corrected chi connectivity index (χ0v) is 14.5. The van der Waals surface area contributed by atoms with Crippen molar-refractivity contribution in [1.82, 2.24) is 10.2 Å². The van der Waals surface area contributed by atoms with Crippen LogP contribution < -0.4 is 14.8 Å². The van der Waals surface area contributed by atoms with E-state index in [9.17, 15) is 4.79 Å². The van der Waals surface area contributed by atoms with Crippen molar-refractivity contribution in [2.75, 3.05) is 26.7 Å². The molecule has 3 rings (SSSR count). The average Bonchev–Trinajstić information content (AvgIpc) is 2.61. The molecule has 1 aliphatic heterocycles. The summed E-state index contributed by atoms with van der Waals surface area (Å²) in [6, 6.07) is 8.14. The summed E-state index contributed by atoms with van der Waals surface area (Å²) < 4.78 is 11.7. The highest BCUT2D eigenvalue weighted by molar-refractivity contribution is 5.76. The van der Waals surface area contributed by atoms with Crippen LogP contribution in [0.3, 0.4) is 0 Å². The Morgan fingerprint density at radius 3 is 2.75 bits per heavy atom. The molecule has 132 valence electrons. The summed E-state index contributed by atoms with van der Waals surface area (Å²) in [6.07, 6.45) is 6.60. The molecule has 0 aromatic heterocycles. The second-order valence-corrected chi connectivity index (χ2v) is 6.91. The largest absolute Gasteiger partial charge is 0.486 e. The lowest BCUT2D eigenvalue weighted by Crippen LogP contribution is -2.41. The third-order valence-electron chi connectivity index (χ3n) is 4.77. The van der Waals surface area contributed by atoms with Gasteiger partial charge in [-0.15, -0.1) is 0 Å². The first-order chi connectivity index (χ1) is 11.7. The highest BCUT2D eigenvalue weighted by atomic mass is 16.6. The van der Waals surface area contributed by atoms with Crippen LogP contribution >= 0.6 is 0 Å². The maximum absolute atomic E-state index is 12.1. The number of para-hydroxylation sites is 2. The molecule has 1 amide bonds. The molecule has 0 bridgehead atoms. The van der Waals surface area contributed by atoms with Crippen LogP contribution in [-0.2, 0) is 4.79 Å². The molecule has 0 radical (unpaired) electrons.